The van der Waals surface area contributed by atoms with E-state index in [1.807, 2.05) is 34.6 Å². The zero-order valence-corrected chi connectivity index (χ0v) is 27.9. The van der Waals surface area contributed by atoms with E-state index in [1.165, 1.54) is 0 Å². The van der Waals surface area contributed by atoms with Crippen molar-refractivity contribution in [2.45, 2.75) is 150 Å². The van der Waals surface area contributed by atoms with E-state index in [-0.39, 0.29) is 56.8 Å². The van der Waals surface area contributed by atoms with Crippen LogP contribution in [0.25, 0.3) is 0 Å². The average Bonchev–Trinajstić information content (AvgIpc) is 3.78. The van der Waals surface area contributed by atoms with E-state index < -0.39 is 59.9 Å². The molecule has 13 nitrogen and oxygen atoms in total. The van der Waals surface area contributed by atoms with Crippen molar-refractivity contribution in [3.63, 3.8) is 0 Å². The summed E-state index contributed by atoms with van der Waals surface area (Å²) in [5.41, 5.74) is 0. The lowest BCUT2D eigenvalue weighted by Gasteiger charge is -2.30. The van der Waals surface area contributed by atoms with Gasteiger partial charge in [0.25, 0.3) is 0 Å². The van der Waals surface area contributed by atoms with E-state index in [9.17, 15) is 33.9 Å². The highest BCUT2D eigenvalue weighted by molar-refractivity contribution is 5.92. The van der Waals surface area contributed by atoms with Gasteiger partial charge in [0.1, 0.15) is 18.1 Å². The molecular formula is C33H61N5O8. The van der Waals surface area contributed by atoms with Crippen LogP contribution in [0.15, 0.2) is 0 Å². The van der Waals surface area contributed by atoms with Gasteiger partial charge in [-0.1, -0.05) is 67.7 Å². The van der Waals surface area contributed by atoms with Crippen molar-refractivity contribution in [3.8, 4) is 0 Å². The van der Waals surface area contributed by atoms with Gasteiger partial charge >= 0.3 is 5.97 Å². The third-order valence-electron chi connectivity index (χ3n) is 8.00. The lowest BCUT2D eigenvalue weighted by atomic mass is 9.95. The highest BCUT2D eigenvalue weighted by Gasteiger charge is 2.36. The third kappa shape index (κ3) is 16.9. The zero-order valence-electron chi connectivity index (χ0n) is 27.9. The lowest BCUT2D eigenvalue weighted by molar-refractivity contribution is -0.137. The number of hydrogen-bond donors (Lipinski definition) is 7. The van der Waals surface area contributed by atoms with Crippen molar-refractivity contribution in [2.24, 2.45) is 17.8 Å². The van der Waals surface area contributed by atoms with Crippen molar-refractivity contribution in [1.29, 1.82) is 0 Å². The second kappa shape index (κ2) is 22.3. The molecular weight excluding hydrogens is 594 g/mol. The molecule has 0 aliphatic heterocycles. The highest BCUT2D eigenvalue weighted by Crippen LogP contribution is 2.33. The van der Waals surface area contributed by atoms with Gasteiger partial charge in [-0.2, -0.15) is 0 Å². The summed E-state index contributed by atoms with van der Waals surface area (Å²) < 4.78 is 0. The van der Waals surface area contributed by atoms with Crippen LogP contribution in [-0.2, 0) is 28.8 Å². The average molecular weight is 656 g/mol. The topological polar surface area (TPSA) is 203 Å². The molecule has 0 heterocycles. The minimum atomic E-state index is -1.23. The Labute approximate surface area is 275 Å². The van der Waals surface area contributed by atoms with Crippen LogP contribution in [0.4, 0.5) is 0 Å². The summed E-state index contributed by atoms with van der Waals surface area (Å²) in [6, 6.07) is -3.33. The molecule has 0 spiro atoms. The number of amides is 5. The van der Waals surface area contributed by atoms with Gasteiger partial charge in [0, 0.05) is 19.4 Å². The number of likely N-dealkylation sites (N-methyl/N-ethyl adjacent to an activating group) is 1. The van der Waals surface area contributed by atoms with Gasteiger partial charge in [0.2, 0.25) is 29.5 Å². The molecule has 1 aliphatic rings. The quantitative estimate of drug-likeness (QED) is 0.0869. The van der Waals surface area contributed by atoms with Gasteiger partial charge in [0.15, 0.2) is 0 Å². The summed E-state index contributed by atoms with van der Waals surface area (Å²) in [5, 5.41) is 33.7. The van der Waals surface area contributed by atoms with Crippen LogP contribution in [0.3, 0.4) is 0 Å². The van der Waals surface area contributed by atoms with E-state index in [2.05, 4.69) is 26.6 Å². The zero-order chi connectivity index (χ0) is 34.1. The van der Waals surface area contributed by atoms with Gasteiger partial charge in [0.05, 0.1) is 18.6 Å². The number of carbonyl (C=O) groups excluding carboxylic acids is 5. The molecule has 7 N–H and O–H groups in total. The molecule has 0 aromatic carbocycles. The fourth-order valence-electron chi connectivity index (χ4n) is 5.07. The number of nitrogens with one attached hydrogen (secondary N) is 5. The summed E-state index contributed by atoms with van der Waals surface area (Å²) >= 11 is 0. The number of hydrogen-bond acceptors (Lipinski definition) is 7. The predicted octanol–water partition coefficient (Wildman–Crippen LogP) is 2.40. The largest absolute Gasteiger partial charge is 0.481 e. The van der Waals surface area contributed by atoms with Gasteiger partial charge in [-0.25, -0.2) is 0 Å². The normalized spacial score (nSPS) is 16.4. The van der Waals surface area contributed by atoms with E-state index in [1.54, 1.807) is 6.92 Å². The van der Waals surface area contributed by atoms with E-state index in [0.717, 1.165) is 12.8 Å². The molecule has 46 heavy (non-hydrogen) atoms. The molecule has 1 rings (SSSR count). The molecule has 0 bridgehead atoms. The SMILES string of the molecule is C.CCC[C@H](NC(=O)C[C@H](O)[C@H](CC(C)C)NC(=O)[C@H](CC1CC1)NC(=O)[C@@H](NC(=O)CCCC(=O)O)[C@@H](C)CC)C(=O)NCC. The number of carbonyl (C=O) groups is 6. The third-order valence-corrected chi connectivity index (χ3v) is 8.00. The van der Waals surface area contributed by atoms with E-state index in [0.29, 0.717) is 38.6 Å². The monoisotopic (exact) mass is 655 g/mol. The van der Waals surface area contributed by atoms with Crippen LogP contribution in [-0.4, -0.2) is 82.5 Å². The van der Waals surface area contributed by atoms with Crippen LogP contribution < -0.4 is 26.6 Å². The first-order chi connectivity index (χ1) is 21.2. The Bertz CT molecular complexity index is 987. The molecule has 5 amide bonds. The molecule has 1 saturated carbocycles. The van der Waals surface area contributed by atoms with Gasteiger partial charge < -0.3 is 36.8 Å². The summed E-state index contributed by atoms with van der Waals surface area (Å²) in [6.07, 6.45) is 2.73. The Morgan fingerprint density at radius 2 is 1.46 bits per heavy atom. The van der Waals surface area contributed by atoms with Crippen LogP contribution in [0, 0.1) is 17.8 Å². The molecule has 0 unspecified atom stereocenters. The Morgan fingerprint density at radius 1 is 0.804 bits per heavy atom. The second-order valence-electron chi connectivity index (χ2n) is 12.7. The minimum absolute atomic E-state index is 0. The Balaban J connectivity index is 0.0000202. The van der Waals surface area contributed by atoms with Crippen molar-refractivity contribution >= 4 is 35.5 Å². The van der Waals surface area contributed by atoms with Crippen LogP contribution in [0.5, 0.6) is 0 Å². The maximum absolute atomic E-state index is 13.6. The molecule has 0 aromatic rings. The van der Waals surface area contributed by atoms with Crippen molar-refractivity contribution in [2.75, 3.05) is 6.54 Å². The molecule has 0 aromatic heterocycles. The Kier molecular flexibility index (Phi) is 20.8. The molecule has 0 saturated heterocycles. The van der Waals surface area contributed by atoms with Crippen LogP contribution >= 0.6 is 0 Å². The Morgan fingerprint density at radius 3 is 1.98 bits per heavy atom. The fourth-order valence-corrected chi connectivity index (χ4v) is 5.07. The standard InChI is InChI=1S/C32H57N5O8.CH4/c1-7-11-22(30(43)33-9-3)34-27(40)18-25(38)23(16-19(4)5)35-31(44)24(17-21-14-15-21)36-32(45)29(20(6)8-2)37-26(39)12-10-13-28(41)42;/h19-25,29,38H,7-18H2,1-6H3,(H,33,43)(H,34,40)(H,35,44)(H,36,45)(H,37,39)(H,41,42);1H4/t20-,22-,23-,24-,25-,29-;/m0./s1. The fraction of sp³-hybridized carbons (Fsp3) is 0.818. The summed E-state index contributed by atoms with van der Waals surface area (Å²) in [6.45, 7) is 11.7. The number of carboxylic acids is 1. The van der Waals surface area contributed by atoms with Gasteiger partial charge in [-0.3, -0.25) is 28.8 Å². The van der Waals surface area contributed by atoms with Crippen LogP contribution in [0.1, 0.15) is 120 Å². The highest BCUT2D eigenvalue weighted by atomic mass is 16.4. The maximum Gasteiger partial charge on any atom is 0.303 e. The second-order valence-corrected chi connectivity index (χ2v) is 12.7. The predicted molar refractivity (Wildman–Crippen MR) is 176 cm³/mol. The lowest BCUT2D eigenvalue weighted by Crippen LogP contribution is -2.58. The van der Waals surface area contributed by atoms with Gasteiger partial charge in [-0.05, 0) is 50.4 Å². The van der Waals surface area contributed by atoms with Crippen LogP contribution in [0.2, 0.25) is 0 Å². The number of aliphatic hydroxyl groups is 1. The maximum atomic E-state index is 13.6. The minimum Gasteiger partial charge on any atom is -0.481 e. The van der Waals surface area contributed by atoms with Gasteiger partial charge in [-0.15, -0.1) is 0 Å². The number of carboxylic acid groups (broad SMARTS) is 1. The van der Waals surface area contributed by atoms with Crippen molar-refractivity contribution < 1.29 is 39.0 Å². The molecule has 13 heteroatoms. The summed E-state index contributed by atoms with van der Waals surface area (Å²) in [7, 11) is 0. The molecule has 1 fully saturated rings. The molecule has 1 aliphatic carbocycles. The number of aliphatic carboxylic acids is 1. The smallest absolute Gasteiger partial charge is 0.303 e. The molecule has 266 valence electrons. The van der Waals surface area contributed by atoms with E-state index in [4.69, 9.17) is 5.11 Å². The summed E-state index contributed by atoms with van der Waals surface area (Å²) in [5.74, 6) is -3.15. The first kappa shape index (κ1) is 42.8. The Hall–Kier alpha value is -3.22. The van der Waals surface area contributed by atoms with E-state index >= 15 is 0 Å². The van der Waals surface area contributed by atoms with Crippen molar-refractivity contribution in [3.05, 3.63) is 0 Å². The molecule has 6 atom stereocenters. The van der Waals surface area contributed by atoms with Crippen molar-refractivity contribution in [1.82, 2.24) is 26.6 Å². The number of aliphatic hydroxyl groups excluding tert-OH is 1. The first-order valence-electron chi connectivity index (χ1n) is 16.6. The molecule has 0 radical (unpaired) electrons. The summed E-state index contributed by atoms with van der Waals surface area (Å²) in [4.78, 5) is 75.5. The number of rotatable bonds is 23. The first-order valence-corrected chi connectivity index (χ1v) is 16.6.